The van der Waals surface area contributed by atoms with Crippen LogP contribution in [0.15, 0.2) is 40.9 Å². The molecule has 0 aliphatic rings. The number of methoxy groups -OCH3 is 1. The van der Waals surface area contributed by atoms with Crippen molar-refractivity contribution in [2.75, 3.05) is 24.8 Å². The van der Waals surface area contributed by atoms with Gasteiger partial charge in [-0.1, -0.05) is 0 Å². The van der Waals surface area contributed by atoms with Crippen LogP contribution in [0.1, 0.15) is 0 Å². The average molecular weight is 325 g/mol. The van der Waals surface area contributed by atoms with Crippen LogP contribution in [0.3, 0.4) is 0 Å². The molecule has 2 aromatic carbocycles. The van der Waals surface area contributed by atoms with Crippen LogP contribution in [0.25, 0.3) is 0 Å². The molecule has 19 heavy (non-hydrogen) atoms. The van der Waals surface area contributed by atoms with Crippen molar-refractivity contribution < 1.29 is 9.13 Å². The van der Waals surface area contributed by atoms with Gasteiger partial charge in [0, 0.05) is 18.4 Å². The van der Waals surface area contributed by atoms with E-state index in [0.717, 1.165) is 21.6 Å². The molecule has 0 aliphatic carbocycles. The third-order valence-corrected chi connectivity index (χ3v) is 3.51. The van der Waals surface area contributed by atoms with E-state index in [4.69, 9.17) is 10.5 Å². The minimum absolute atomic E-state index is 0.146. The SMILES string of the molecule is COc1ccc(N(C)c2ccc(N)c(F)c2)cc1Br. The van der Waals surface area contributed by atoms with Crippen LogP contribution in [0.4, 0.5) is 21.5 Å². The Morgan fingerprint density at radius 2 is 1.79 bits per heavy atom. The predicted octanol–water partition coefficient (Wildman–Crippen LogP) is 3.95. The van der Waals surface area contributed by atoms with E-state index in [0.29, 0.717) is 0 Å². The van der Waals surface area contributed by atoms with Crippen LogP contribution in [-0.4, -0.2) is 14.2 Å². The van der Waals surface area contributed by atoms with Crippen LogP contribution >= 0.6 is 15.9 Å². The zero-order valence-electron chi connectivity index (χ0n) is 10.7. The molecule has 0 unspecified atom stereocenters. The van der Waals surface area contributed by atoms with Gasteiger partial charge in [0.05, 0.1) is 17.3 Å². The van der Waals surface area contributed by atoms with Crippen molar-refractivity contribution in [3.8, 4) is 5.75 Å². The smallest absolute Gasteiger partial charge is 0.148 e. The van der Waals surface area contributed by atoms with Crippen molar-refractivity contribution in [3.05, 3.63) is 46.7 Å². The predicted molar refractivity (Wildman–Crippen MR) is 79.6 cm³/mol. The lowest BCUT2D eigenvalue weighted by atomic mass is 10.2. The molecule has 0 spiro atoms. The van der Waals surface area contributed by atoms with Crippen molar-refractivity contribution in [2.24, 2.45) is 0 Å². The third kappa shape index (κ3) is 2.81. The summed E-state index contributed by atoms with van der Waals surface area (Å²) >= 11 is 3.43. The van der Waals surface area contributed by atoms with Crippen molar-refractivity contribution in [1.29, 1.82) is 0 Å². The quantitative estimate of drug-likeness (QED) is 0.869. The van der Waals surface area contributed by atoms with Gasteiger partial charge in [0.2, 0.25) is 0 Å². The fourth-order valence-corrected chi connectivity index (χ4v) is 2.27. The summed E-state index contributed by atoms with van der Waals surface area (Å²) < 4.78 is 19.5. The fourth-order valence-electron chi connectivity index (χ4n) is 1.74. The number of halogens is 2. The van der Waals surface area contributed by atoms with Crippen molar-refractivity contribution in [3.63, 3.8) is 0 Å². The number of rotatable bonds is 3. The normalized spacial score (nSPS) is 10.3. The van der Waals surface area contributed by atoms with E-state index in [1.54, 1.807) is 19.2 Å². The van der Waals surface area contributed by atoms with Crippen LogP contribution < -0.4 is 15.4 Å². The van der Waals surface area contributed by atoms with Crippen molar-refractivity contribution in [1.82, 2.24) is 0 Å². The number of hydrogen-bond acceptors (Lipinski definition) is 3. The molecule has 0 radical (unpaired) electrons. The maximum absolute atomic E-state index is 13.5. The summed E-state index contributed by atoms with van der Waals surface area (Å²) in [6.45, 7) is 0. The average Bonchev–Trinajstić information content (AvgIpc) is 2.41. The molecule has 0 amide bonds. The highest BCUT2D eigenvalue weighted by atomic mass is 79.9. The number of ether oxygens (including phenoxy) is 1. The van der Waals surface area contributed by atoms with Crippen molar-refractivity contribution >= 4 is 33.0 Å². The van der Waals surface area contributed by atoms with E-state index in [1.165, 1.54) is 6.07 Å². The van der Waals surface area contributed by atoms with E-state index in [2.05, 4.69) is 15.9 Å². The second-order valence-corrected chi connectivity index (χ2v) is 4.94. The fraction of sp³-hybridized carbons (Fsp3) is 0.143. The minimum Gasteiger partial charge on any atom is -0.496 e. The van der Waals surface area contributed by atoms with Gasteiger partial charge in [-0.25, -0.2) is 4.39 Å². The standard InChI is InChI=1S/C14H14BrFN2O/c1-18(10-3-5-13(17)12(16)8-10)9-4-6-14(19-2)11(15)7-9/h3-8H,17H2,1-2H3. The molecule has 0 saturated heterocycles. The monoisotopic (exact) mass is 324 g/mol. The zero-order valence-corrected chi connectivity index (χ0v) is 12.2. The second-order valence-electron chi connectivity index (χ2n) is 4.08. The van der Waals surface area contributed by atoms with Gasteiger partial charge in [0.1, 0.15) is 11.6 Å². The first kappa shape index (κ1) is 13.7. The molecule has 100 valence electrons. The lowest BCUT2D eigenvalue weighted by Crippen LogP contribution is -2.10. The van der Waals surface area contributed by atoms with Gasteiger partial charge in [-0.15, -0.1) is 0 Å². The Labute approximate surface area is 119 Å². The summed E-state index contributed by atoms with van der Waals surface area (Å²) in [5.74, 6) is 0.331. The molecule has 5 heteroatoms. The molecular weight excluding hydrogens is 311 g/mol. The molecular formula is C14H14BrFN2O. The van der Waals surface area contributed by atoms with Gasteiger partial charge in [-0.2, -0.15) is 0 Å². The van der Waals surface area contributed by atoms with Gasteiger partial charge in [-0.05, 0) is 52.3 Å². The van der Waals surface area contributed by atoms with Gasteiger partial charge < -0.3 is 15.4 Å². The highest BCUT2D eigenvalue weighted by molar-refractivity contribution is 9.10. The van der Waals surface area contributed by atoms with E-state index in [9.17, 15) is 4.39 Å². The first-order valence-electron chi connectivity index (χ1n) is 5.65. The molecule has 0 saturated carbocycles. The Bertz CT molecular complexity index is 604. The highest BCUT2D eigenvalue weighted by Crippen LogP contribution is 2.32. The Hall–Kier alpha value is -1.75. The Morgan fingerprint density at radius 1 is 1.16 bits per heavy atom. The summed E-state index contributed by atoms with van der Waals surface area (Å²) in [6.07, 6.45) is 0. The molecule has 2 aromatic rings. The number of hydrogen-bond donors (Lipinski definition) is 1. The van der Waals surface area contributed by atoms with E-state index < -0.39 is 5.82 Å². The number of nitrogen functional groups attached to an aromatic ring is 1. The van der Waals surface area contributed by atoms with Gasteiger partial charge >= 0.3 is 0 Å². The summed E-state index contributed by atoms with van der Waals surface area (Å²) in [5, 5.41) is 0. The molecule has 0 aromatic heterocycles. The highest BCUT2D eigenvalue weighted by Gasteiger charge is 2.09. The second kappa shape index (κ2) is 5.48. The summed E-state index contributed by atoms with van der Waals surface area (Å²) in [6, 6.07) is 10.4. The maximum Gasteiger partial charge on any atom is 0.148 e. The van der Waals surface area contributed by atoms with E-state index in [-0.39, 0.29) is 5.69 Å². The summed E-state index contributed by atoms with van der Waals surface area (Å²) in [7, 11) is 3.47. The van der Waals surface area contributed by atoms with Crippen LogP contribution in [-0.2, 0) is 0 Å². The first-order valence-corrected chi connectivity index (χ1v) is 6.44. The number of anilines is 3. The molecule has 0 bridgehead atoms. The molecule has 2 rings (SSSR count). The van der Waals surface area contributed by atoms with E-state index in [1.807, 2.05) is 30.1 Å². The molecule has 0 atom stereocenters. The Morgan fingerprint density at radius 3 is 2.37 bits per heavy atom. The minimum atomic E-state index is -0.420. The molecule has 0 fully saturated rings. The zero-order chi connectivity index (χ0) is 14.0. The van der Waals surface area contributed by atoms with Gasteiger partial charge in [-0.3, -0.25) is 0 Å². The Balaban J connectivity index is 2.35. The first-order chi connectivity index (χ1) is 9.02. The maximum atomic E-state index is 13.5. The van der Waals surface area contributed by atoms with Crippen LogP contribution in [0, 0.1) is 5.82 Å². The largest absolute Gasteiger partial charge is 0.496 e. The molecule has 0 heterocycles. The number of nitrogens with zero attached hydrogens (tertiary/aromatic N) is 1. The molecule has 3 nitrogen and oxygen atoms in total. The molecule has 0 aliphatic heterocycles. The lowest BCUT2D eigenvalue weighted by molar-refractivity contribution is 0.412. The Kier molecular flexibility index (Phi) is 3.95. The summed E-state index contributed by atoms with van der Waals surface area (Å²) in [5.41, 5.74) is 7.26. The van der Waals surface area contributed by atoms with Gasteiger partial charge in [0.25, 0.3) is 0 Å². The summed E-state index contributed by atoms with van der Waals surface area (Å²) in [4.78, 5) is 1.87. The molecule has 2 N–H and O–H groups in total. The van der Waals surface area contributed by atoms with Crippen LogP contribution in [0.5, 0.6) is 5.75 Å². The lowest BCUT2D eigenvalue weighted by Gasteiger charge is -2.20. The number of benzene rings is 2. The number of nitrogens with two attached hydrogens (primary N) is 1. The third-order valence-electron chi connectivity index (χ3n) is 2.89. The van der Waals surface area contributed by atoms with Gasteiger partial charge in [0.15, 0.2) is 0 Å². The van der Waals surface area contributed by atoms with Crippen molar-refractivity contribution in [2.45, 2.75) is 0 Å². The van der Waals surface area contributed by atoms with E-state index >= 15 is 0 Å². The van der Waals surface area contributed by atoms with Crippen LogP contribution in [0.2, 0.25) is 0 Å². The topological polar surface area (TPSA) is 38.5 Å².